The highest BCUT2D eigenvalue weighted by atomic mass is 16.6. The second-order valence-corrected chi connectivity index (χ2v) is 4.04. The molecular weight excluding hydrogens is 238 g/mol. The molecule has 1 fully saturated rings. The van der Waals surface area contributed by atoms with E-state index in [1.165, 1.54) is 6.07 Å². The smallest absolute Gasteiger partial charge is 0.311 e. The third-order valence-electron chi connectivity index (χ3n) is 2.89. The van der Waals surface area contributed by atoms with Crippen LogP contribution in [0.5, 0.6) is 0 Å². The molecule has 2 rings (SSSR count). The summed E-state index contributed by atoms with van der Waals surface area (Å²) in [4.78, 5) is 14.0. The highest BCUT2D eigenvalue weighted by Gasteiger charge is 2.27. The SMILES string of the molecule is CO[C@H]1CNCC1Nc1ccc([N+](=O)[O-])c(N)n1. The van der Waals surface area contributed by atoms with Crippen molar-refractivity contribution in [2.45, 2.75) is 12.1 Å². The molecule has 1 aliphatic heterocycles. The number of pyridine rings is 1. The van der Waals surface area contributed by atoms with E-state index in [0.29, 0.717) is 5.82 Å². The van der Waals surface area contributed by atoms with E-state index in [-0.39, 0.29) is 23.7 Å². The van der Waals surface area contributed by atoms with Gasteiger partial charge in [-0.3, -0.25) is 10.1 Å². The Morgan fingerprint density at radius 2 is 2.39 bits per heavy atom. The minimum atomic E-state index is -0.554. The van der Waals surface area contributed by atoms with Gasteiger partial charge in [-0.2, -0.15) is 0 Å². The summed E-state index contributed by atoms with van der Waals surface area (Å²) < 4.78 is 5.30. The van der Waals surface area contributed by atoms with Crippen molar-refractivity contribution in [3.05, 3.63) is 22.2 Å². The molecule has 1 saturated heterocycles. The summed E-state index contributed by atoms with van der Waals surface area (Å²) >= 11 is 0. The molecule has 0 bridgehead atoms. The molecule has 0 saturated carbocycles. The van der Waals surface area contributed by atoms with Gasteiger partial charge in [0.15, 0.2) is 0 Å². The molecule has 1 aromatic heterocycles. The van der Waals surface area contributed by atoms with Gasteiger partial charge in [0.2, 0.25) is 5.82 Å². The Bertz CT molecular complexity index is 453. The lowest BCUT2D eigenvalue weighted by molar-refractivity contribution is -0.384. The minimum absolute atomic E-state index is 0.0446. The fourth-order valence-corrected chi connectivity index (χ4v) is 1.94. The largest absolute Gasteiger partial charge is 0.378 e. The van der Waals surface area contributed by atoms with E-state index in [1.54, 1.807) is 13.2 Å². The number of nitrogens with two attached hydrogens (primary N) is 1. The second-order valence-electron chi connectivity index (χ2n) is 4.04. The Morgan fingerprint density at radius 3 is 3.00 bits per heavy atom. The molecule has 4 N–H and O–H groups in total. The van der Waals surface area contributed by atoms with Crippen molar-refractivity contribution in [1.82, 2.24) is 10.3 Å². The van der Waals surface area contributed by atoms with Crippen LogP contribution < -0.4 is 16.4 Å². The summed E-state index contributed by atoms with van der Waals surface area (Å²) in [6.07, 6.45) is 0.0446. The first kappa shape index (κ1) is 12.5. The van der Waals surface area contributed by atoms with Gasteiger partial charge in [0.1, 0.15) is 5.82 Å². The van der Waals surface area contributed by atoms with Gasteiger partial charge in [-0.1, -0.05) is 0 Å². The average Bonchev–Trinajstić information content (AvgIpc) is 2.76. The molecule has 1 unspecified atom stereocenters. The van der Waals surface area contributed by atoms with E-state index < -0.39 is 4.92 Å². The van der Waals surface area contributed by atoms with E-state index in [1.807, 2.05) is 0 Å². The Labute approximate surface area is 104 Å². The summed E-state index contributed by atoms with van der Waals surface area (Å²) in [6.45, 7) is 1.51. The van der Waals surface area contributed by atoms with Crippen molar-refractivity contribution in [2.75, 3.05) is 31.2 Å². The summed E-state index contributed by atoms with van der Waals surface area (Å²) in [6, 6.07) is 2.96. The van der Waals surface area contributed by atoms with Crippen LogP contribution in [0.25, 0.3) is 0 Å². The molecule has 98 valence electrons. The first-order valence-electron chi connectivity index (χ1n) is 5.52. The zero-order valence-electron chi connectivity index (χ0n) is 9.92. The van der Waals surface area contributed by atoms with Crippen LogP contribution in [0, 0.1) is 10.1 Å². The van der Waals surface area contributed by atoms with Crippen molar-refractivity contribution in [1.29, 1.82) is 0 Å². The zero-order chi connectivity index (χ0) is 13.1. The van der Waals surface area contributed by atoms with Crippen molar-refractivity contribution in [3.63, 3.8) is 0 Å². The highest BCUT2D eigenvalue weighted by Crippen LogP contribution is 2.21. The first-order valence-corrected chi connectivity index (χ1v) is 5.52. The van der Waals surface area contributed by atoms with Gasteiger partial charge < -0.3 is 21.1 Å². The maximum absolute atomic E-state index is 10.6. The Morgan fingerprint density at radius 1 is 1.61 bits per heavy atom. The number of methoxy groups -OCH3 is 1. The Balaban J connectivity index is 2.10. The number of hydrogen-bond acceptors (Lipinski definition) is 7. The monoisotopic (exact) mass is 253 g/mol. The van der Waals surface area contributed by atoms with E-state index in [4.69, 9.17) is 10.5 Å². The van der Waals surface area contributed by atoms with Crippen LogP contribution >= 0.6 is 0 Å². The number of aromatic nitrogens is 1. The molecule has 0 aromatic carbocycles. The third kappa shape index (κ3) is 2.49. The van der Waals surface area contributed by atoms with Gasteiger partial charge >= 0.3 is 5.69 Å². The van der Waals surface area contributed by atoms with Crippen LogP contribution in [0.2, 0.25) is 0 Å². The number of rotatable bonds is 4. The van der Waals surface area contributed by atoms with Crippen LogP contribution in [0.1, 0.15) is 0 Å². The van der Waals surface area contributed by atoms with Crippen LogP contribution in [0.15, 0.2) is 12.1 Å². The number of hydrogen-bond donors (Lipinski definition) is 3. The van der Waals surface area contributed by atoms with Crippen LogP contribution in [0.4, 0.5) is 17.3 Å². The molecule has 2 atom stereocenters. The van der Waals surface area contributed by atoms with Gasteiger partial charge in [0.05, 0.1) is 17.1 Å². The number of nitro groups is 1. The van der Waals surface area contributed by atoms with Crippen LogP contribution in [-0.4, -0.2) is 42.3 Å². The van der Waals surface area contributed by atoms with E-state index in [2.05, 4.69) is 15.6 Å². The Kier molecular flexibility index (Phi) is 3.58. The number of nitrogen functional groups attached to an aromatic ring is 1. The predicted molar refractivity (Wildman–Crippen MR) is 66.4 cm³/mol. The van der Waals surface area contributed by atoms with Gasteiger partial charge in [-0.15, -0.1) is 0 Å². The fourth-order valence-electron chi connectivity index (χ4n) is 1.94. The molecule has 2 heterocycles. The summed E-state index contributed by atoms with van der Waals surface area (Å²) in [5.41, 5.74) is 5.34. The van der Waals surface area contributed by atoms with E-state index in [9.17, 15) is 10.1 Å². The van der Waals surface area contributed by atoms with Gasteiger partial charge in [0.25, 0.3) is 0 Å². The van der Waals surface area contributed by atoms with Crippen LogP contribution in [0.3, 0.4) is 0 Å². The molecule has 1 aliphatic rings. The number of ether oxygens (including phenoxy) is 1. The van der Waals surface area contributed by atoms with Gasteiger partial charge in [-0.05, 0) is 6.07 Å². The topological polar surface area (TPSA) is 115 Å². The zero-order valence-corrected chi connectivity index (χ0v) is 9.92. The lowest BCUT2D eigenvalue weighted by atomic mass is 10.2. The average molecular weight is 253 g/mol. The quantitative estimate of drug-likeness (QED) is 0.509. The molecule has 1 aromatic rings. The standard InChI is InChI=1S/C10H15N5O3/c1-18-8-5-12-4-6(8)13-9-3-2-7(15(16)17)10(11)14-9/h2-3,6,8,12H,4-5H2,1H3,(H3,11,13,14)/t6?,8-/m0/s1. The predicted octanol–water partition coefficient (Wildman–Crippen LogP) is -0.0293. The molecule has 0 aliphatic carbocycles. The molecule has 8 nitrogen and oxygen atoms in total. The van der Waals surface area contributed by atoms with Crippen molar-refractivity contribution >= 4 is 17.3 Å². The number of anilines is 2. The van der Waals surface area contributed by atoms with Crippen molar-refractivity contribution in [2.24, 2.45) is 0 Å². The summed E-state index contributed by atoms with van der Waals surface area (Å²) in [5.74, 6) is 0.416. The summed E-state index contributed by atoms with van der Waals surface area (Å²) in [5, 5.41) is 16.9. The molecule has 18 heavy (non-hydrogen) atoms. The highest BCUT2D eigenvalue weighted by molar-refractivity contribution is 5.57. The second kappa shape index (κ2) is 5.15. The lowest BCUT2D eigenvalue weighted by Crippen LogP contribution is -2.33. The first-order chi connectivity index (χ1) is 8.61. The Hall–Kier alpha value is -1.93. The maximum Gasteiger partial charge on any atom is 0.311 e. The molecule has 8 heteroatoms. The van der Waals surface area contributed by atoms with Crippen molar-refractivity contribution in [3.8, 4) is 0 Å². The molecule has 0 radical (unpaired) electrons. The lowest BCUT2D eigenvalue weighted by Gasteiger charge is -2.19. The van der Waals surface area contributed by atoms with Crippen molar-refractivity contribution < 1.29 is 9.66 Å². The third-order valence-corrected chi connectivity index (χ3v) is 2.89. The van der Waals surface area contributed by atoms with Gasteiger partial charge in [-0.25, -0.2) is 4.98 Å². The molecular formula is C10H15N5O3. The normalized spacial score (nSPS) is 22.9. The fraction of sp³-hybridized carbons (Fsp3) is 0.500. The maximum atomic E-state index is 10.6. The van der Waals surface area contributed by atoms with E-state index >= 15 is 0 Å². The molecule has 0 amide bonds. The number of nitrogens with zero attached hydrogens (tertiary/aromatic N) is 2. The van der Waals surface area contributed by atoms with E-state index in [0.717, 1.165) is 13.1 Å². The van der Waals surface area contributed by atoms with Gasteiger partial charge in [0, 0.05) is 26.3 Å². The molecule has 0 spiro atoms. The van der Waals surface area contributed by atoms with Crippen LogP contribution in [-0.2, 0) is 4.74 Å². The minimum Gasteiger partial charge on any atom is -0.378 e. The summed E-state index contributed by atoms with van der Waals surface area (Å²) in [7, 11) is 1.64. The number of nitrogens with one attached hydrogen (secondary N) is 2.